The molecule has 0 heterocycles. The molecule has 0 saturated carbocycles. The lowest BCUT2D eigenvalue weighted by atomic mass is 10.0. The SMILES string of the molecule is CCCCCCCC/C=C/CCCCCCCCCCCC(=O)NC(COP(=O)(O)OCC(O)COC(=O)CCCCCCCCCCCCCCCCCCCCCCC)C(=O)O. The Kier molecular flexibility index (Phi) is 46.4. The molecule has 11 nitrogen and oxygen atoms in total. The van der Waals surface area contributed by atoms with Gasteiger partial charge < -0.3 is 25.2 Å². The van der Waals surface area contributed by atoms with Crippen LogP contribution in [0.3, 0.4) is 0 Å². The Morgan fingerprint density at radius 3 is 1.19 bits per heavy atom. The Morgan fingerprint density at radius 2 is 0.812 bits per heavy atom. The molecule has 12 heteroatoms. The molecule has 0 aromatic rings. The Bertz CT molecular complexity index is 1140. The van der Waals surface area contributed by atoms with Gasteiger partial charge in [0.05, 0.1) is 13.2 Å². The predicted molar refractivity (Wildman–Crippen MR) is 263 cm³/mol. The summed E-state index contributed by atoms with van der Waals surface area (Å²) in [6, 6.07) is -1.54. The van der Waals surface area contributed by atoms with E-state index in [1.165, 1.54) is 193 Å². The van der Waals surface area contributed by atoms with E-state index in [0.717, 1.165) is 38.5 Å². The van der Waals surface area contributed by atoms with Crippen molar-refractivity contribution in [1.82, 2.24) is 5.32 Å². The molecule has 4 N–H and O–H groups in total. The highest BCUT2D eigenvalue weighted by Crippen LogP contribution is 2.43. The number of rotatable bonds is 51. The van der Waals surface area contributed by atoms with Crippen molar-refractivity contribution in [2.75, 3.05) is 19.8 Å². The lowest BCUT2D eigenvalue weighted by molar-refractivity contribution is -0.147. The summed E-state index contributed by atoms with van der Waals surface area (Å²) in [5, 5.41) is 21.9. The van der Waals surface area contributed by atoms with Gasteiger partial charge in [0.2, 0.25) is 5.91 Å². The van der Waals surface area contributed by atoms with Gasteiger partial charge in [0.1, 0.15) is 12.7 Å². The third kappa shape index (κ3) is 46.7. The number of phosphoric acid groups is 1. The molecule has 3 unspecified atom stereocenters. The molecular weight excluding hydrogens is 830 g/mol. The Morgan fingerprint density at radius 1 is 0.484 bits per heavy atom. The van der Waals surface area contributed by atoms with Gasteiger partial charge in [-0.2, -0.15) is 0 Å². The molecule has 378 valence electrons. The Balaban J connectivity index is 3.77. The summed E-state index contributed by atoms with van der Waals surface area (Å²) < 4.78 is 27.0. The highest BCUT2D eigenvalue weighted by atomic mass is 31.2. The molecule has 0 spiro atoms. The van der Waals surface area contributed by atoms with Gasteiger partial charge >= 0.3 is 19.8 Å². The number of esters is 1. The van der Waals surface area contributed by atoms with E-state index >= 15 is 0 Å². The van der Waals surface area contributed by atoms with Gasteiger partial charge in [0, 0.05) is 12.8 Å². The fraction of sp³-hybridized carbons (Fsp3) is 0.904. The van der Waals surface area contributed by atoms with E-state index in [2.05, 4.69) is 31.3 Å². The maximum Gasteiger partial charge on any atom is 0.472 e. The zero-order valence-electron chi connectivity index (χ0n) is 41.4. The largest absolute Gasteiger partial charge is 0.480 e. The van der Waals surface area contributed by atoms with Gasteiger partial charge in [0.15, 0.2) is 6.04 Å². The van der Waals surface area contributed by atoms with Crippen molar-refractivity contribution in [2.45, 2.75) is 283 Å². The monoisotopic (exact) mass is 930 g/mol. The number of aliphatic carboxylic acids is 1. The van der Waals surface area contributed by atoms with Crippen molar-refractivity contribution in [3.63, 3.8) is 0 Å². The lowest BCUT2D eigenvalue weighted by Gasteiger charge is -2.18. The number of nitrogens with one attached hydrogen (secondary N) is 1. The molecule has 0 saturated heterocycles. The number of amides is 1. The van der Waals surface area contributed by atoms with Crippen LogP contribution in [0.25, 0.3) is 0 Å². The molecule has 0 aliphatic rings. The molecule has 0 aliphatic heterocycles. The normalized spacial score (nSPS) is 13.6. The second kappa shape index (κ2) is 47.7. The molecule has 1 amide bonds. The summed E-state index contributed by atoms with van der Waals surface area (Å²) in [5.74, 6) is -2.35. The fourth-order valence-corrected chi connectivity index (χ4v) is 8.67. The third-order valence-electron chi connectivity index (χ3n) is 12.1. The zero-order valence-corrected chi connectivity index (χ0v) is 42.3. The average Bonchev–Trinajstić information content (AvgIpc) is 3.27. The van der Waals surface area contributed by atoms with Gasteiger partial charge in [-0.3, -0.25) is 18.6 Å². The van der Waals surface area contributed by atoms with E-state index in [-0.39, 0.29) is 12.8 Å². The van der Waals surface area contributed by atoms with Crippen molar-refractivity contribution in [3.05, 3.63) is 12.2 Å². The number of hydrogen-bond donors (Lipinski definition) is 4. The molecule has 0 rings (SSSR count). The molecule has 0 bridgehead atoms. The standard InChI is InChI=1S/C52H100NO10P/c1-3-5-7-9-11-13-15-17-19-21-23-24-26-28-30-32-34-36-38-40-42-44-51(56)61-45-48(54)46-62-64(59,60)63-47-49(52(57)58)53-50(55)43-41-39-37-35-33-31-29-27-25-22-20-18-16-14-12-10-8-6-4-2/h18,20,48-49,54H,3-17,19,21-47H2,1-2H3,(H,53,55)(H,57,58)(H,59,60)/b20-18+. The van der Waals surface area contributed by atoms with E-state index < -0.39 is 57.6 Å². The summed E-state index contributed by atoms with van der Waals surface area (Å²) >= 11 is 0. The first-order valence-corrected chi connectivity index (χ1v) is 28.2. The number of unbranched alkanes of at least 4 members (excludes halogenated alkanes) is 35. The summed E-state index contributed by atoms with van der Waals surface area (Å²) in [6.45, 7) is 2.65. The van der Waals surface area contributed by atoms with Crippen molar-refractivity contribution >= 4 is 25.7 Å². The van der Waals surface area contributed by atoms with Crippen LogP contribution in [-0.2, 0) is 32.7 Å². The summed E-state index contributed by atoms with van der Waals surface area (Å²) in [7, 11) is -4.76. The van der Waals surface area contributed by atoms with Gasteiger partial charge in [-0.05, 0) is 38.5 Å². The van der Waals surface area contributed by atoms with Gasteiger partial charge in [-0.25, -0.2) is 9.36 Å². The number of ether oxygens (including phenoxy) is 1. The molecule has 0 aromatic carbocycles. The van der Waals surface area contributed by atoms with Crippen LogP contribution in [0.1, 0.15) is 271 Å². The average molecular weight is 930 g/mol. The van der Waals surface area contributed by atoms with Crippen LogP contribution in [0.2, 0.25) is 0 Å². The highest BCUT2D eigenvalue weighted by Gasteiger charge is 2.28. The number of carbonyl (C=O) groups is 3. The number of aliphatic hydroxyl groups excluding tert-OH is 1. The minimum atomic E-state index is -4.76. The quantitative estimate of drug-likeness (QED) is 0.0199. The first-order chi connectivity index (χ1) is 31.1. The topological polar surface area (TPSA) is 169 Å². The second-order valence-corrected chi connectivity index (χ2v) is 19.9. The van der Waals surface area contributed by atoms with Crippen molar-refractivity contribution in [2.24, 2.45) is 0 Å². The highest BCUT2D eigenvalue weighted by molar-refractivity contribution is 7.47. The molecule has 3 atom stereocenters. The van der Waals surface area contributed by atoms with E-state index in [1.807, 2.05) is 0 Å². The van der Waals surface area contributed by atoms with Crippen LogP contribution in [0, 0.1) is 0 Å². The number of hydrogen-bond acceptors (Lipinski definition) is 8. The Hall–Kier alpha value is -1.78. The van der Waals surface area contributed by atoms with Gasteiger partial charge in [-0.1, -0.05) is 231 Å². The van der Waals surface area contributed by atoms with Crippen LogP contribution < -0.4 is 5.32 Å². The number of carbonyl (C=O) groups excluding carboxylic acids is 2. The van der Waals surface area contributed by atoms with Crippen molar-refractivity contribution in [1.29, 1.82) is 0 Å². The summed E-state index contributed by atoms with van der Waals surface area (Å²) in [5.41, 5.74) is 0. The molecular formula is C52H100NO10P. The van der Waals surface area contributed by atoms with Crippen LogP contribution in [0.4, 0.5) is 0 Å². The molecule has 0 aliphatic carbocycles. The predicted octanol–water partition coefficient (Wildman–Crippen LogP) is 14.8. The molecule has 0 radical (unpaired) electrons. The smallest absolute Gasteiger partial charge is 0.472 e. The van der Waals surface area contributed by atoms with E-state index in [0.29, 0.717) is 12.8 Å². The number of allylic oxidation sites excluding steroid dienone is 2. The maximum absolute atomic E-state index is 12.4. The summed E-state index contributed by atoms with van der Waals surface area (Å²) in [6.07, 6.45) is 50.9. The first-order valence-electron chi connectivity index (χ1n) is 26.7. The van der Waals surface area contributed by atoms with Gasteiger partial charge in [-0.15, -0.1) is 0 Å². The van der Waals surface area contributed by atoms with E-state index in [9.17, 15) is 34.1 Å². The van der Waals surface area contributed by atoms with Crippen LogP contribution in [0.5, 0.6) is 0 Å². The van der Waals surface area contributed by atoms with Crippen LogP contribution in [0.15, 0.2) is 12.2 Å². The number of carboxylic acid groups (broad SMARTS) is 1. The van der Waals surface area contributed by atoms with E-state index in [4.69, 9.17) is 13.8 Å². The third-order valence-corrected chi connectivity index (χ3v) is 13.0. The van der Waals surface area contributed by atoms with Crippen LogP contribution >= 0.6 is 7.82 Å². The first kappa shape index (κ1) is 62.2. The molecule has 0 aromatic heterocycles. The maximum atomic E-state index is 12.4. The zero-order chi connectivity index (χ0) is 47.0. The van der Waals surface area contributed by atoms with Gasteiger partial charge in [0.25, 0.3) is 0 Å². The van der Waals surface area contributed by atoms with Crippen molar-refractivity contribution in [3.8, 4) is 0 Å². The number of aliphatic hydroxyl groups is 1. The minimum Gasteiger partial charge on any atom is -0.480 e. The number of phosphoric ester groups is 1. The molecule has 0 fully saturated rings. The second-order valence-electron chi connectivity index (χ2n) is 18.4. The summed E-state index contributed by atoms with van der Waals surface area (Å²) in [4.78, 5) is 46.1. The minimum absolute atomic E-state index is 0.147. The molecule has 64 heavy (non-hydrogen) atoms. The van der Waals surface area contributed by atoms with Crippen LogP contribution in [-0.4, -0.2) is 64.9 Å². The van der Waals surface area contributed by atoms with E-state index in [1.54, 1.807) is 0 Å². The fourth-order valence-electron chi connectivity index (χ4n) is 7.90. The van der Waals surface area contributed by atoms with Crippen molar-refractivity contribution < 1.29 is 47.8 Å². The lowest BCUT2D eigenvalue weighted by Crippen LogP contribution is -2.43. The number of carboxylic acids is 1. The Labute approximate surface area is 392 Å².